The van der Waals surface area contributed by atoms with Crippen LogP contribution in [0, 0.1) is 0 Å². The molecule has 1 atom stereocenters. The summed E-state index contributed by atoms with van der Waals surface area (Å²) in [5.41, 5.74) is 1.18. The van der Waals surface area contributed by atoms with E-state index in [4.69, 9.17) is 4.74 Å². The van der Waals surface area contributed by atoms with Gasteiger partial charge in [0.25, 0.3) is 5.91 Å². The molecule has 5 heteroatoms. The van der Waals surface area contributed by atoms with E-state index >= 15 is 0 Å². The fourth-order valence-corrected chi connectivity index (χ4v) is 2.80. The molecule has 1 aromatic rings. The number of aryl methyl sites for hydroxylation is 1. The Labute approximate surface area is 138 Å². The van der Waals surface area contributed by atoms with Gasteiger partial charge in [-0.1, -0.05) is 30.3 Å². The fourth-order valence-electron chi connectivity index (χ4n) is 2.80. The largest absolute Gasteiger partial charge is 0.372 e. The van der Waals surface area contributed by atoms with Gasteiger partial charge in [-0.15, -0.1) is 0 Å². The molecule has 1 aromatic carbocycles. The third kappa shape index (κ3) is 5.36. The maximum atomic E-state index is 12.0. The first-order chi connectivity index (χ1) is 11.1. The number of hydrogen-bond donors (Lipinski definition) is 1. The van der Waals surface area contributed by atoms with Crippen molar-refractivity contribution < 1.29 is 14.3 Å². The standard InChI is InChI=1S/C18H26N2O3/c1-14(23-2)18(22)20-12-10-16(11-13-20)19-17(21)9-8-15-6-4-3-5-7-15/h3-7,14,16H,8-13H2,1-2H3,(H,19,21)/t14-/m0/s1. The van der Waals surface area contributed by atoms with Gasteiger partial charge in [-0.25, -0.2) is 0 Å². The summed E-state index contributed by atoms with van der Waals surface area (Å²) in [5, 5.41) is 3.08. The van der Waals surface area contributed by atoms with Crippen molar-refractivity contribution in [2.45, 2.75) is 44.8 Å². The van der Waals surface area contributed by atoms with E-state index in [1.54, 1.807) is 14.0 Å². The third-order valence-corrected chi connectivity index (χ3v) is 4.36. The Kier molecular flexibility index (Phi) is 6.59. The molecule has 0 saturated carbocycles. The van der Waals surface area contributed by atoms with E-state index in [1.165, 1.54) is 5.56 Å². The van der Waals surface area contributed by atoms with Gasteiger partial charge in [-0.05, 0) is 31.7 Å². The SMILES string of the molecule is CO[C@@H](C)C(=O)N1CCC(NC(=O)CCc2ccccc2)CC1. The number of ether oxygens (including phenoxy) is 1. The molecule has 1 heterocycles. The predicted molar refractivity (Wildman–Crippen MR) is 89.0 cm³/mol. The van der Waals surface area contributed by atoms with Crippen LogP contribution in [0.2, 0.25) is 0 Å². The first-order valence-corrected chi connectivity index (χ1v) is 8.25. The van der Waals surface area contributed by atoms with Gasteiger partial charge in [0.2, 0.25) is 5.91 Å². The highest BCUT2D eigenvalue weighted by Crippen LogP contribution is 2.13. The molecule has 1 aliphatic rings. The summed E-state index contributed by atoms with van der Waals surface area (Å²) in [6, 6.07) is 10.2. The third-order valence-electron chi connectivity index (χ3n) is 4.36. The van der Waals surface area contributed by atoms with Crippen LogP contribution in [0.1, 0.15) is 31.7 Å². The molecule has 126 valence electrons. The molecule has 1 saturated heterocycles. The molecule has 23 heavy (non-hydrogen) atoms. The van der Waals surface area contributed by atoms with Crippen LogP contribution in [0.15, 0.2) is 30.3 Å². The molecule has 1 aliphatic heterocycles. The number of hydrogen-bond acceptors (Lipinski definition) is 3. The number of piperidine rings is 1. The van der Waals surface area contributed by atoms with Gasteiger partial charge in [0, 0.05) is 32.7 Å². The Balaban J connectivity index is 1.69. The van der Waals surface area contributed by atoms with Crippen molar-refractivity contribution >= 4 is 11.8 Å². The minimum Gasteiger partial charge on any atom is -0.372 e. The van der Waals surface area contributed by atoms with E-state index in [0.29, 0.717) is 19.5 Å². The second-order valence-corrected chi connectivity index (χ2v) is 6.03. The molecule has 0 aliphatic carbocycles. The minimum atomic E-state index is -0.396. The number of nitrogens with zero attached hydrogens (tertiary/aromatic N) is 1. The van der Waals surface area contributed by atoms with Crippen molar-refractivity contribution in [1.29, 1.82) is 0 Å². The van der Waals surface area contributed by atoms with E-state index in [0.717, 1.165) is 19.3 Å². The molecule has 0 spiro atoms. The highest BCUT2D eigenvalue weighted by atomic mass is 16.5. The Bertz CT molecular complexity index is 510. The Hall–Kier alpha value is -1.88. The summed E-state index contributed by atoms with van der Waals surface area (Å²) in [6.45, 7) is 3.12. The van der Waals surface area contributed by atoms with Gasteiger partial charge < -0.3 is 15.0 Å². The molecule has 1 N–H and O–H groups in total. The normalized spacial score (nSPS) is 16.9. The van der Waals surface area contributed by atoms with Gasteiger partial charge in [0.15, 0.2) is 0 Å². The molecule has 1 fully saturated rings. The van der Waals surface area contributed by atoms with Gasteiger partial charge in [-0.3, -0.25) is 9.59 Å². The zero-order chi connectivity index (χ0) is 16.7. The molecular formula is C18H26N2O3. The molecule has 0 aromatic heterocycles. The average Bonchev–Trinajstić information content (AvgIpc) is 2.60. The zero-order valence-corrected chi connectivity index (χ0v) is 14.0. The minimum absolute atomic E-state index is 0.0290. The lowest BCUT2D eigenvalue weighted by Gasteiger charge is -2.33. The van der Waals surface area contributed by atoms with Crippen LogP contribution in [0.25, 0.3) is 0 Å². The van der Waals surface area contributed by atoms with Gasteiger partial charge in [0.05, 0.1) is 0 Å². The number of rotatable bonds is 6. The van der Waals surface area contributed by atoms with Crippen molar-refractivity contribution in [3.63, 3.8) is 0 Å². The lowest BCUT2D eigenvalue weighted by Crippen LogP contribution is -2.49. The number of carbonyl (C=O) groups is 2. The number of likely N-dealkylation sites (tertiary alicyclic amines) is 1. The van der Waals surface area contributed by atoms with Crippen molar-refractivity contribution in [1.82, 2.24) is 10.2 Å². The van der Waals surface area contributed by atoms with Crippen LogP contribution in [0.4, 0.5) is 0 Å². The summed E-state index contributed by atoms with van der Waals surface area (Å²) < 4.78 is 5.07. The van der Waals surface area contributed by atoms with Crippen molar-refractivity contribution in [3.8, 4) is 0 Å². The smallest absolute Gasteiger partial charge is 0.251 e. The van der Waals surface area contributed by atoms with E-state index < -0.39 is 6.10 Å². The summed E-state index contributed by atoms with van der Waals surface area (Å²) in [5.74, 6) is 0.116. The van der Waals surface area contributed by atoms with Crippen LogP contribution in [0.3, 0.4) is 0 Å². The molecular weight excluding hydrogens is 292 g/mol. The first-order valence-electron chi connectivity index (χ1n) is 8.25. The molecule has 2 amide bonds. The highest BCUT2D eigenvalue weighted by Gasteiger charge is 2.26. The summed E-state index contributed by atoms with van der Waals surface area (Å²) in [7, 11) is 1.54. The lowest BCUT2D eigenvalue weighted by atomic mass is 10.0. The van der Waals surface area contributed by atoms with Crippen LogP contribution in [0.5, 0.6) is 0 Å². The van der Waals surface area contributed by atoms with Crippen molar-refractivity contribution in [2.75, 3.05) is 20.2 Å². The zero-order valence-electron chi connectivity index (χ0n) is 14.0. The van der Waals surface area contributed by atoms with Crippen molar-refractivity contribution in [3.05, 3.63) is 35.9 Å². The van der Waals surface area contributed by atoms with Gasteiger partial charge in [-0.2, -0.15) is 0 Å². The molecule has 0 radical (unpaired) electrons. The van der Waals surface area contributed by atoms with E-state index in [-0.39, 0.29) is 17.9 Å². The second kappa shape index (κ2) is 8.67. The summed E-state index contributed by atoms with van der Waals surface area (Å²) in [4.78, 5) is 25.9. The maximum absolute atomic E-state index is 12.0. The molecule has 2 rings (SSSR count). The number of methoxy groups -OCH3 is 1. The lowest BCUT2D eigenvalue weighted by molar-refractivity contribution is -0.142. The number of nitrogens with one attached hydrogen (secondary N) is 1. The van der Waals surface area contributed by atoms with Crippen molar-refractivity contribution in [2.24, 2.45) is 0 Å². The Morgan fingerprint density at radius 3 is 2.52 bits per heavy atom. The first kappa shape index (κ1) is 17.5. The van der Waals surface area contributed by atoms with E-state index in [9.17, 15) is 9.59 Å². The van der Waals surface area contributed by atoms with E-state index in [2.05, 4.69) is 5.32 Å². The van der Waals surface area contributed by atoms with Crippen LogP contribution < -0.4 is 5.32 Å². The maximum Gasteiger partial charge on any atom is 0.251 e. The highest BCUT2D eigenvalue weighted by molar-refractivity contribution is 5.80. The van der Waals surface area contributed by atoms with Crippen LogP contribution >= 0.6 is 0 Å². The molecule has 0 bridgehead atoms. The van der Waals surface area contributed by atoms with Gasteiger partial charge >= 0.3 is 0 Å². The van der Waals surface area contributed by atoms with Gasteiger partial charge in [0.1, 0.15) is 6.10 Å². The van der Waals surface area contributed by atoms with E-state index in [1.807, 2.05) is 35.2 Å². The topological polar surface area (TPSA) is 58.6 Å². The molecule has 0 unspecified atom stereocenters. The Morgan fingerprint density at radius 1 is 1.26 bits per heavy atom. The number of carbonyl (C=O) groups excluding carboxylic acids is 2. The molecule has 5 nitrogen and oxygen atoms in total. The average molecular weight is 318 g/mol. The predicted octanol–water partition coefficient (Wildman–Crippen LogP) is 1.76. The monoisotopic (exact) mass is 318 g/mol. The Morgan fingerprint density at radius 2 is 1.91 bits per heavy atom. The van der Waals surface area contributed by atoms with Crippen LogP contribution in [-0.4, -0.2) is 49.1 Å². The fraction of sp³-hybridized carbons (Fsp3) is 0.556. The number of amides is 2. The second-order valence-electron chi connectivity index (χ2n) is 6.03. The summed E-state index contributed by atoms with van der Waals surface area (Å²) >= 11 is 0. The quantitative estimate of drug-likeness (QED) is 0.869. The number of benzene rings is 1. The van der Waals surface area contributed by atoms with Crippen LogP contribution in [-0.2, 0) is 20.7 Å². The summed E-state index contributed by atoms with van der Waals surface area (Å²) in [6.07, 6.45) is 2.48.